The van der Waals surface area contributed by atoms with Gasteiger partial charge < -0.3 is 29.6 Å². The molecule has 2 atom stereocenters. The van der Waals surface area contributed by atoms with E-state index in [2.05, 4.69) is 23.8 Å². The molecule has 1 saturated carbocycles. The number of alkyl carbamates (subject to hydrolysis) is 2. The first-order valence-corrected chi connectivity index (χ1v) is 9.75. The number of nitrogens with one attached hydrogen (secondary N) is 2. The minimum atomic E-state index is -0.686. The van der Waals surface area contributed by atoms with Crippen molar-refractivity contribution >= 4 is 24.1 Å². The highest BCUT2D eigenvalue weighted by atomic mass is 16.6. The van der Waals surface area contributed by atoms with Crippen molar-refractivity contribution in [2.45, 2.75) is 51.7 Å². The standard InChI is InChI=1S/C20H30N2O8/c1-13(2)17(23)27-11-9-21-19(25)29-15-7-5-6-8-16(15)30-20(26)22-10-12-28-18(24)14(3)4/h15-16H,1,3,5-12H2,2,4H3,(H,21,25)(H,22,26)/t15-,16-/m0/s1. The van der Waals surface area contributed by atoms with Crippen molar-refractivity contribution in [2.75, 3.05) is 26.3 Å². The van der Waals surface area contributed by atoms with E-state index in [1.54, 1.807) is 0 Å². The minimum absolute atomic E-state index is 0.0102. The summed E-state index contributed by atoms with van der Waals surface area (Å²) >= 11 is 0. The van der Waals surface area contributed by atoms with Gasteiger partial charge in [0.2, 0.25) is 0 Å². The second-order valence-corrected chi connectivity index (χ2v) is 6.86. The zero-order valence-corrected chi connectivity index (χ0v) is 17.5. The molecule has 1 aliphatic carbocycles. The lowest BCUT2D eigenvalue weighted by molar-refractivity contribution is -0.139. The summed E-state index contributed by atoms with van der Waals surface area (Å²) in [6.07, 6.45) is 0.271. The van der Waals surface area contributed by atoms with E-state index in [1.807, 2.05) is 0 Å². The Bertz CT molecular complexity index is 605. The number of carbonyl (C=O) groups excluding carboxylic acids is 4. The number of hydrogen-bond acceptors (Lipinski definition) is 8. The van der Waals surface area contributed by atoms with E-state index in [4.69, 9.17) is 18.9 Å². The van der Waals surface area contributed by atoms with Crippen molar-refractivity contribution in [1.29, 1.82) is 0 Å². The molecule has 1 rings (SSSR count). The Hall–Kier alpha value is -3.04. The van der Waals surface area contributed by atoms with Crippen molar-refractivity contribution in [3.8, 4) is 0 Å². The fourth-order valence-electron chi connectivity index (χ4n) is 2.53. The Kier molecular flexibility index (Phi) is 11.0. The summed E-state index contributed by atoms with van der Waals surface area (Å²) in [5, 5.41) is 4.96. The minimum Gasteiger partial charge on any atom is -0.460 e. The van der Waals surface area contributed by atoms with Gasteiger partial charge in [0.15, 0.2) is 0 Å². The largest absolute Gasteiger partial charge is 0.460 e. The smallest absolute Gasteiger partial charge is 0.407 e. The molecule has 168 valence electrons. The monoisotopic (exact) mass is 426 g/mol. The normalized spacial score (nSPS) is 17.8. The van der Waals surface area contributed by atoms with Crippen LogP contribution in [0.25, 0.3) is 0 Å². The molecule has 1 fully saturated rings. The van der Waals surface area contributed by atoms with Crippen LogP contribution in [0.2, 0.25) is 0 Å². The molecule has 0 radical (unpaired) electrons. The molecule has 0 spiro atoms. The molecule has 0 bridgehead atoms. The van der Waals surface area contributed by atoms with E-state index >= 15 is 0 Å². The molecule has 10 nitrogen and oxygen atoms in total. The molecule has 1 aliphatic rings. The maximum Gasteiger partial charge on any atom is 0.407 e. The SMILES string of the molecule is C=C(C)C(=O)OCCNC(=O)O[C@H]1CCCC[C@@H]1OC(=O)NCCOC(=O)C(=C)C. The number of carbonyl (C=O) groups is 4. The second kappa shape index (κ2) is 13.2. The molecule has 0 aromatic heterocycles. The second-order valence-electron chi connectivity index (χ2n) is 6.86. The molecular weight excluding hydrogens is 396 g/mol. The van der Waals surface area contributed by atoms with Crippen molar-refractivity contribution in [3.05, 3.63) is 24.3 Å². The summed E-state index contributed by atoms with van der Waals surface area (Å²) in [6, 6.07) is 0. The zero-order valence-electron chi connectivity index (χ0n) is 17.5. The Morgan fingerprint density at radius 1 is 0.767 bits per heavy atom. The molecule has 2 N–H and O–H groups in total. The van der Waals surface area contributed by atoms with Crippen LogP contribution in [0.5, 0.6) is 0 Å². The summed E-state index contributed by atoms with van der Waals surface area (Å²) in [4.78, 5) is 46.4. The van der Waals surface area contributed by atoms with E-state index in [0.717, 1.165) is 12.8 Å². The van der Waals surface area contributed by atoms with Gasteiger partial charge in [0.1, 0.15) is 25.4 Å². The Morgan fingerprint density at radius 2 is 1.13 bits per heavy atom. The predicted octanol–water partition coefficient (Wildman–Crippen LogP) is 1.99. The van der Waals surface area contributed by atoms with Crippen LogP contribution in [-0.4, -0.2) is 62.6 Å². The van der Waals surface area contributed by atoms with E-state index in [1.165, 1.54) is 13.8 Å². The summed E-state index contributed by atoms with van der Waals surface area (Å²) in [5.41, 5.74) is 0.541. The van der Waals surface area contributed by atoms with Gasteiger partial charge in [-0.1, -0.05) is 13.2 Å². The predicted molar refractivity (Wildman–Crippen MR) is 107 cm³/mol. The Morgan fingerprint density at radius 3 is 1.47 bits per heavy atom. The third-order valence-corrected chi connectivity index (χ3v) is 4.06. The van der Waals surface area contributed by atoms with Gasteiger partial charge in [0, 0.05) is 11.1 Å². The van der Waals surface area contributed by atoms with Gasteiger partial charge in [-0.2, -0.15) is 0 Å². The molecule has 2 amide bonds. The quantitative estimate of drug-likeness (QED) is 0.235. The first kappa shape index (κ1) is 25.0. The van der Waals surface area contributed by atoms with Gasteiger partial charge in [-0.15, -0.1) is 0 Å². The molecule has 0 heterocycles. The Labute approximate surface area is 175 Å². The lowest BCUT2D eigenvalue weighted by atomic mass is 9.94. The number of hydrogen-bond donors (Lipinski definition) is 2. The van der Waals surface area contributed by atoms with Crippen LogP contribution < -0.4 is 10.6 Å². The molecule has 0 saturated heterocycles. The van der Waals surface area contributed by atoms with Crippen LogP contribution in [0.4, 0.5) is 9.59 Å². The Balaban J connectivity index is 2.32. The average molecular weight is 426 g/mol. The summed E-state index contributed by atoms with van der Waals surface area (Å²) < 4.78 is 20.4. The number of esters is 2. The van der Waals surface area contributed by atoms with Crippen molar-refractivity contribution in [1.82, 2.24) is 10.6 Å². The third kappa shape index (κ3) is 9.94. The van der Waals surface area contributed by atoms with Crippen LogP contribution >= 0.6 is 0 Å². The maximum absolute atomic E-state index is 11.9. The fraction of sp³-hybridized carbons (Fsp3) is 0.600. The van der Waals surface area contributed by atoms with Gasteiger partial charge in [-0.05, 0) is 39.5 Å². The molecular formula is C20H30N2O8. The number of ether oxygens (including phenoxy) is 4. The van der Waals surface area contributed by atoms with Gasteiger partial charge in [-0.3, -0.25) is 0 Å². The molecule has 30 heavy (non-hydrogen) atoms. The lowest BCUT2D eigenvalue weighted by Gasteiger charge is -2.30. The van der Waals surface area contributed by atoms with Crippen LogP contribution in [0.15, 0.2) is 24.3 Å². The summed E-state index contributed by atoms with van der Waals surface area (Å²) in [5.74, 6) is -1.07. The van der Waals surface area contributed by atoms with Crippen LogP contribution in [0, 0.1) is 0 Å². The van der Waals surface area contributed by atoms with Crippen LogP contribution in [-0.2, 0) is 28.5 Å². The van der Waals surface area contributed by atoms with Gasteiger partial charge in [-0.25, -0.2) is 19.2 Å². The van der Waals surface area contributed by atoms with Gasteiger partial charge in [0.25, 0.3) is 0 Å². The zero-order chi connectivity index (χ0) is 22.5. The van der Waals surface area contributed by atoms with E-state index in [-0.39, 0.29) is 37.4 Å². The first-order chi connectivity index (χ1) is 14.2. The van der Waals surface area contributed by atoms with Crippen molar-refractivity contribution in [3.63, 3.8) is 0 Å². The highest BCUT2D eigenvalue weighted by molar-refractivity contribution is 5.87. The van der Waals surface area contributed by atoms with Gasteiger partial charge >= 0.3 is 24.1 Å². The fourth-order valence-corrected chi connectivity index (χ4v) is 2.53. The van der Waals surface area contributed by atoms with E-state index in [0.29, 0.717) is 12.8 Å². The number of amides is 2. The van der Waals surface area contributed by atoms with E-state index < -0.39 is 36.3 Å². The van der Waals surface area contributed by atoms with Crippen LogP contribution in [0.3, 0.4) is 0 Å². The van der Waals surface area contributed by atoms with E-state index in [9.17, 15) is 19.2 Å². The summed E-state index contributed by atoms with van der Waals surface area (Å²) in [6.45, 7) is 10.1. The highest BCUT2D eigenvalue weighted by Gasteiger charge is 2.31. The van der Waals surface area contributed by atoms with Crippen molar-refractivity contribution in [2.24, 2.45) is 0 Å². The first-order valence-electron chi connectivity index (χ1n) is 9.75. The molecule has 10 heteroatoms. The summed E-state index contributed by atoms with van der Waals surface area (Å²) in [7, 11) is 0. The molecule has 0 aromatic rings. The highest BCUT2D eigenvalue weighted by Crippen LogP contribution is 2.24. The number of rotatable bonds is 10. The molecule has 0 aromatic carbocycles. The maximum atomic E-state index is 11.9. The van der Waals surface area contributed by atoms with Crippen molar-refractivity contribution < 1.29 is 38.1 Å². The average Bonchev–Trinajstić information content (AvgIpc) is 2.69. The van der Waals surface area contributed by atoms with Gasteiger partial charge in [0.05, 0.1) is 13.1 Å². The molecule has 0 aliphatic heterocycles. The third-order valence-electron chi connectivity index (χ3n) is 4.06. The molecule has 0 unspecified atom stereocenters. The lowest BCUT2D eigenvalue weighted by Crippen LogP contribution is -2.43. The van der Waals surface area contributed by atoms with Crippen LogP contribution in [0.1, 0.15) is 39.5 Å². The topological polar surface area (TPSA) is 129 Å².